The zero-order valence-corrected chi connectivity index (χ0v) is 26.3. The van der Waals surface area contributed by atoms with Crippen LogP contribution in [0.15, 0.2) is 42.6 Å². The van der Waals surface area contributed by atoms with Crippen LogP contribution in [0.2, 0.25) is 0 Å². The van der Waals surface area contributed by atoms with Crippen LogP contribution in [0.3, 0.4) is 0 Å². The molecule has 0 saturated carbocycles. The van der Waals surface area contributed by atoms with E-state index in [0.29, 0.717) is 28.6 Å². The number of benzene rings is 1. The maximum absolute atomic E-state index is 13.9. The van der Waals surface area contributed by atoms with E-state index in [1.807, 2.05) is 24.3 Å². The fourth-order valence-electron chi connectivity index (χ4n) is 6.31. The molecule has 0 radical (unpaired) electrons. The maximum Gasteiger partial charge on any atom is 0.280 e. The number of halogens is 1. The molecule has 8 nitrogen and oxygen atoms in total. The van der Waals surface area contributed by atoms with Crippen molar-refractivity contribution < 1.29 is 19.4 Å². The summed E-state index contributed by atoms with van der Waals surface area (Å²) in [7, 11) is 0. The third kappa shape index (κ3) is 6.77. The molecule has 1 fully saturated rings. The number of aliphatic hydroxyl groups excluding tert-OH is 1. The standard InChI is InChI=1S/C34H40FN5O3S/c1-34(2,3)23-8-9-26-22(16-23)17-29-32(38-26)44-33(39-29)31(43)37-27(12-15-40-13-10-24(41)11-14-40)20-4-6-21(7-5-20)28-18-25(35)30(42)19-36-28/h4-7,17-19,23-24,27,41-42H,8-16H2,1-3H3,(H,37,43)/t23-,27?/m0/s1. The van der Waals surface area contributed by atoms with E-state index in [1.165, 1.54) is 23.0 Å². The number of piperidine rings is 1. The van der Waals surface area contributed by atoms with Crippen molar-refractivity contribution in [2.45, 2.75) is 71.4 Å². The number of hydrogen-bond acceptors (Lipinski definition) is 8. The molecule has 3 N–H and O–H groups in total. The van der Waals surface area contributed by atoms with E-state index >= 15 is 0 Å². The van der Waals surface area contributed by atoms with Crippen LogP contribution in [0.4, 0.5) is 4.39 Å². The molecular formula is C34H40FN5O3S. The summed E-state index contributed by atoms with van der Waals surface area (Å²) in [5, 5.41) is 23.0. The average Bonchev–Trinajstić information content (AvgIpc) is 3.42. The molecule has 3 aromatic heterocycles. The summed E-state index contributed by atoms with van der Waals surface area (Å²) in [6.07, 6.45) is 6.09. The number of aromatic hydroxyl groups is 1. The first-order valence-corrected chi connectivity index (χ1v) is 16.3. The highest BCUT2D eigenvalue weighted by Crippen LogP contribution is 2.38. The second-order valence-corrected chi connectivity index (χ2v) is 14.3. The zero-order valence-electron chi connectivity index (χ0n) is 25.5. The number of thiazole rings is 1. The molecule has 1 unspecified atom stereocenters. The fraction of sp³-hybridized carbons (Fsp3) is 0.471. The summed E-state index contributed by atoms with van der Waals surface area (Å²) >= 11 is 1.33. The molecule has 2 atom stereocenters. The molecule has 1 aliphatic heterocycles. The number of hydrogen-bond donors (Lipinski definition) is 3. The van der Waals surface area contributed by atoms with Gasteiger partial charge in [-0.25, -0.2) is 14.4 Å². The number of likely N-dealkylation sites (tertiary alicyclic amines) is 1. The minimum Gasteiger partial charge on any atom is -0.504 e. The monoisotopic (exact) mass is 617 g/mol. The van der Waals surface area contributed by atoms with E-state index < -0.39 is 11.6 Å². The second kappa shape index (κ2) is 12.5. The number of carbonyl (C=O) groups excluding carboxylic acids is 1. The van der Waals surface area contributed by atoms with Gasteiger partial charge in [0.25, 0.3) is 5.91 Å². The number of nitrogens with one attached hydrogen (secondary N) is 1. The number of rotatable bonds is 7. The number of nitrogens with zero attached hydrogens (tertiary/aromatic N) is 4. The van der Waals surface area contributed by atoms with Gasteiger partial charge in [-0.05, 0) is 67.1 Å². The smallest absolute Gasteiger partial charge is 0.280 e. The molecular weight excluding hydrogens is 577 g/mol. The lowest BCUT2D eigenvalue weighted by Gasteiger charge is -2.34. The summed E-state index contributed by atoms with van der Waals surface area (Å²) in [5.74, 6) is -0.854. The first kappa shape index (κ1) is 30.6. The van der Waals surface area contributed by atoms with Gasteiger partial charge in [-0.1, -0.05) is 56.4 Å². The lowest BCUT2D eigenvalue weighted by Crippen LogP contribution is -2.38. The highest BCUT2D eigenvalue weighted by atomic mass is 32.1. The maximum atomic E-state index is 13.9. The number of carbonyl (C=O) groups is 1. The molecule has 232 valence electrons. The highest BCUT2D eigenvalue weighted by molar-refractivity contribution is 7.19. The predicted molar refractivity (Wildman–Crippen MR) is 170 cm³/mol. The summed E-state index contributed by atoms with van der Waals surface area (Å²) in [6, 6.07) is 10.6. The lowest BCUT2D eigenvalue weighted by molar-refractivity contribution is 0.0795. The Morgan fingerprint density at radius 2 is 1.89 bits per heavy atom. The van der Waals surface area contributed by atoms with Gasteiger partial charge in [0.15, 0.2) is 16.6 Å². The number of aliphatic hydroxyl groups is 1. The number of pyridine rings is 2. The van der Waals surface area contributed by atoms with Crippen molar-refractivity contribution >= 4 is 27.6 Å². The van der Waals surface area contributed by atoms with Crippen LogP contribution in [-0.2, 0) is 12.8 Å². The molecule has 4 heterocycles. The first-order chi connectivity index (χ1) is 21.0. The molecule has 1 amide bonds. The molecule has 1 saturated heterocycles. The molecule has 10 heteroatoms. The van der Waals surface area contributed by atoms with Gasteiger partial charge in [0.05, 0.1) is 24.0 Å². The van der Waals surface area contributed by atoms with Crippen molar-refractivity contribution in [3.63, 3.8) is 0 Å². The summed E-state index contributed by atoms with van der Waals surface area (Å²) in [5.41, 5.74) is 5.42. The molecule has 0 bridgehead atoms. The van der Waals surface area contributed by atoms with E-state index in [0.717, 1.165) is 79.5 Å². The summed E-state index contributed by atoms with van der Waals surface area (Å²) in [4.78, 5) is 30.5. The molecule has 2 aliphatic rings. The van der Waals surface area contributed by atoms with Gasteiger partial charge in [0.1, 0.15) is 10.3 Å². The molecule has 44 heavy (non-hydrogen) atoms. The van der Waals surface area contributed by atoms with Crippen molar-refractivity contribution in [1.29, 1.82) is 0 Å². The summed E-state index contributed by atoms with van der Waals surface area (Å²) < 4.78 is 13.9. The third-order valence-corrected chi connectivity index (χ3v) is 10.2. The minimum absolute atomic E-state index is 0.232. The van der Waals surface area contributed by atoms with Crippen molar-refractivity contribution in [2.24, 2.45) is 11.3 Å². The minimum atomic E-state index is -0.726. The molecule has 0 spiro atoms. The van der Waals surface area contributed by atoms with Gasteiger partial charge in [-0.3, -0.25) is 9.78 Å². The van der Waals surface area contributed by atoms with E-state index in [1.54, 1.807) is 0 Å². The van der Waals surface area contributed by atoms with Crippen molar-refractivity contribution in [1.82, 2.24) is 25.2 Å². The molecule has 6 rings (SSSR count). The summed E-state index contributed by atoms with van der Waals surface area (Å²) in [6.45, 7) is 9.30. The lowest BCUT2D eigenvalue weighted by atomic mass is 9.71. The zero-order chi connectivity index (χ0) is 31.0. The second-order valence-electron chi connectivity index (χ2n) is 13.3. The van der Waals surface area contributed by atoms with E-state index in [9.17, 15) is 19.4 Å². The van der Waals surface area contributed by atoms with Gasteiger partial charge >= 0.3 is 0 Å². The third-order valence-electron chi connectivity index (χ3n) is 9.21. The van der Waals surface area contributed by atoms with Crippen LogP contribution in [-0.4, -0.2) is 61.7 Å². The normalized spacial score (nSPS) is 18.7. The van der Waals surface area contributed by atoms with Crippen LogP contribution < -0.4 is 5.32 Å². The van der Waals surface area contributed by atoms with Crippen LogP contribution in [0.25, 0.3) is 21.6 Å². The molecule has 4 aromatic rings. The Bertz CT molecular complexity index is 1640. The predicted octanol–water partition coefficient (Wildman–Crippen LogP) is 6.07. The Balaban J connectivity index is 1.22. The Morgan fingerprint density at radius 3 is 2.59 bits per heavy atom. The van der Waals surface area contributed by atoms with Crippen molar-refractivity contribution in [3.8, 4) is 17.0 Å². The fourth-order valence-corrected chi connectivity index (χ4v) is 7.16. The van der Waals surface area contributed by atoms with Crippen LogP contribution in [0.5, 0.6) is 5.75 Å². The van der Waals surface area contributed by atoms with Crippen LogP contribution >= 0.6 is 11.3 Å². The topological polar surface area (TPSA) is 111 Å². The van der Waals surface area contributed by atoms with Gasteiger partial charge in [0.2, 0.25) is 0 Å². The Labute approximate surface area is 261 Å². The Hall–Kier alpha value is -3.47. The van der Waals surface area contributed by atoms with Gasteiger partial charge < -0.3 is 20.4 Å². The largest absolute Gasteiger partial charge is 0.504 e. The number of amides is 1. The number of aromatic nitrogens is 3. The van der Waals surface area contributed by atoms with Gasteiger partial charge in [-0.15, -0.1) is 0 Å². The van der Waals surface area contributed by atoms with E-state index in [-0.39, 0.29) is 23.5 Å². The molecule has 1 aliphatic carbocycles. The quantitative estimate of drug-likeness (QED) is 0.231. The van der Waals surface area contributed by atoms with Gasteiger partial charge in [0, 0.05) is 37.0 Å². The number of fused-ring (bicyclic) bond motifs is 2. The molecule has 1 aromatic carbocycles. The average molecular weight is 618 g/mol. The van der Waals surface area contributed by atoms with E-state index in [2.05, 4.69) is 42.0 Å². The van der Waals surface area contributed by atoms with Gasteiger partial charge in [-0.2, -0.15) is 0 Å². The Kier molecular flexibility index (Phi) is 8.68. The first-order valence-electron chi connectivity index (χ1n) is 15.5. The van der Waals surface area contributed by atoms with E-state index in [4.69, 9.17) is 9.97 Å². The SMILES string of the molecule is CC(C)(C)[C@H]1CCc2nc3sc(C(=O)NC(CCN4CCC(O)CC4)c4ccc(-c5cc(F)c(O)cn5)cc4)nc3cc2C1. The van der Waals surface area contributed by atoms with Crippen molar-refractivity contribution in [2.75, 3.05) is 19.6 Å². The Morgan fingerprint density at radius 1 is 1.14 bits per heavy atom. The highest BCUT2D eigenvalue weighted by Gasteiger charge is 2.30. The number of aryl methyl sites for hydroxylation is 1. The van der Waals surface area contributed by atoms with Crippen LogP contribution in [0, 0.1) is 17.2 Å². The van der Waals surface area contributed by atoms with Crippen LogP contribution in [0.1, 0.15) is 79.1 Å². The van der Waals surface area contributed by atoms with Crippen molar-refractivity contribution in [3.05, 3.63) is 70.2 Å².